The van der Waals surface area contributed by atoms with E-state index in [2.05, 4.69) is 21.2 Å². The smallest absolute Gasteiger partial charge is 0.193 e. The fourth-order valence-electron chi connectivity index (χ4n) is 5.03. The van der Waals surface area contributed by atoms with E-state index in [4.69, 9.17) is 68.4 Å². The van der Waals surface area contributed by atoms with Gasteiger partial charge >= 0.3 is 0 Å². The SMILES string of the molecule is S=C1N=C2/C(=C/c3ccc(Cl)cc3Cl)CN(CCN3CCOCC3)CC2C(c2ccc(Cl)cc2Cl)N1. The molecule has 2 unspecified atom stereocenters. The van der Waals surface area contributed by atoms with Gasteiger partial charge in [0.05, 0.1) is 25.0 Å². The minimum absolute atomic E-state index is 0.0474. The Morgan fingerprint density at radius 1 is 0.972 bits per heavy atom. The van der Waals surface area contributed by atoms with Crippen molar-refractivity contribution in [2.24, 2.45) is 10.9 Å². The van der Waals surface area contributed by atoms with Crippen LogP contribution < -0.4 is 5.32 Å². The van der Waals surface area contributed by atoms with Crippen molar-refractivity contribution in [2.45, 2.75) is 6.04 Å². The molecule has 3 heterocycles. The third-order valence-corrected chi connectivity index (χ3v) is 8.19. The van der Waals surface area contributed by atoms with E-state index >= 15 is 0 Å². The summed E-state index contributed by atoms with van der Waals surface area (Å²) in [6, 6.07) is 11.0. The molecular weight excluding hydrogens is 558 g/mol. The number of hydrogen-bond acceptors (Lipinski definition) is 4. The Bertz CT molecular complexity index is 1210. The van der Waals surface area contributed by atoms with Crippen LogP contribution in [0, 0.1) is 5.92 Å². The predicted molar refractivity (Wildman–Crippen MR) is 154 cm³/mol. The zero-order valence-corrected chi connectivity index (χ0v) is 23.4. The number of rotatable bonds is 5. The van der Waals surface area contributed by atoms with E-state index in [0.717, 1.165) is 74.9 Å². The molecular formula is C26H26Cl4N4OS. The van der Waals surface area contributed by atoms with Gasteiger partial charge in [-0.3, -0.25) is 9.80 Å². The lowest BCUT2D eigenvalue weighted by Gasteiger charge is -2.43. The van der Waals surface area contributed by atoms with E-state index in [1.807, 2.05) is 24.3 Å². The molecule has 0 bridgehead atoms. The molecule has 1 N–H and O–H groups in total. The monoisotopic (exact) mass is 582 g/mol. The first-order chi connectivity index (χ1) is 17.4. The number of ether oxygens (including phenoxy) is 1. The van der Waals surface area contributed by atoms with Crippen LogP contribution in [0.1, 0.15) is 17.2 Å². The average Bonchev–Trinajstić information content (AvgIpc) is 2.85. The maximum absolute atomic E-state index is 6.66. The lowest BCUT2D eigenvalue weighted by Crippen LogP contribution is -2.53. The Labute approximate surface area is 237 Å². The second-order valence-electron chi connectivity index (χ2n) is 9.22. The summed E-state index contributed by atoms with van der Waals surface area (Å²) in [5.41, 5.74) is 3.93. The summed E-state index contributed by atoms with van der Waals surface area (Å²) in [5, 5.41) is 6.29. The molecule has 2 aromatic rings. The van der Waals surface area contributed by atoms with Gasteiger partial charge in [-0.1, -0.05) is 58.5 Å². The van der Waals surface area contributed by atoms with Gasteiger partial charge in [0.1, 0.15) is 0 Å². The van der Waals surface area contributed by atoms with Gasteiger partial charge in [-0.2, -0.15) is 0 Å². The van der Waals surface area contributed by atoms with Crippen LogP contribution in [0.25, 0.3) is 6.08 Å². The number of likely N-dealkylation sites (tertiary alicyclic amines) is 1. The molecule has 5 nitrogen and oxygen atoms in total. The van der Waals surface area contributed by atoms with Gasteiger partial charge in [-0.15, -0.1) is 0 Å². The number of thiocarbonyl (C=S) groups is 1. The number of fused-ring (bicyclic) bond motifs is 1. The van der Waals surface area contributed by atoms with E-state index in [9.17, 15) is 0 Å². The van der Waals surface area contributed by atoms with Gasteiger partial charge in [-0.05, 0) is 59.3 Å². The first kappa shape index (κ1) is 26.4. The van der Waals surface area contributed by atoms with Crippen LogP contribution in [0.5, 0.6) is 0 Å². The molecule has 10 heteroatoms. The highest BCUT2D eigenvalue weighted by atomic mass is 35.5. The Morgan fingerprint density at radius 2 is 1.67 bits per heavy atom. The lowest BCUT2D eigenvalue weighted by molar-refractivity contribution is 0.0330. The molecule has 0 radical (unpaired) electrons. The van der Waals surface area contributed by atoms with Crippen LogP contribution in [-0.2, 0) is 4.74 Å². The van der Waals surface area contributed by atoms with Crippen LogP contribution in [0.4, 0.5) is 0 Å². The van der Waals surface area contributed by atoms with Crippen LogP contribution in [0.3, 0.4) is 0 Å². The Balaban J connectivity index is 1.49. The quantitative estimate of drug-likeness (QED) is 0.436. The molecule has 190 valence electrons. The summed E-state index contributed by atoms with van der Waals surface area (Å²) in [5.74, 6) is 0.0474. The van der Waals surface area contributed by atoms with Crippen molar-refractivity contribution in [3.63, 3.8) is 0 Å². The number of aliphatic imine (C=N–C) groups is 1. The summed E-state index contributed by atoms with van der Waals surface area (Å²) >= 11 is 31.1. The third kappa shape index (κ3) is 6.08. The number of halogens is 4. The van der Waals surface area contributed by atoms with Crippen LogP contribution in [0.2, 0.25) is 20.1 Å². The second-order valence-corrected chi connectivity index (χ2v) is 11.3. The number of nitrogens with zero attached hydrogens (tertiary/aromatic N) is 3. The van der Waals surface area contributed by atoms with E-state index in [-0.39, 0.29) is 12.0 Å². The molecule has 36 heavy (non-hydrogen) atoms. The topological polar surface area (TPSA) is 40.1 Å². The molecule has 3 aliphatic heterocycles. The molecule has 2 fully saturated rings. The lowest BCUT2D eigenvalue weighted by atomic mass is 9.81. The van der Waals surface area contributed by atoms with E-state index in [1.54, 1.807) is 12.1 Å². The molecule has 0 aromatic heterocycles. The number of piperidine rings is 1. The van der Waals surface area contributed by atoms with Crippen molar-refractivity contribution in [2.75, 3.05) is 52.5 Å². The van der Waals surface area contributed by atoms with Gasteiger partial charge in [0.25, 0.3) is 0 Å². The maximum Gasteiger partial charge on any atom is 0.193 e. The molecule has 0 spiro atoms. The van der Waals surface area contributed by atoms with Crippen molar-refractivity contribution in [1.29, 1.82) is 0 Å². The Morgan fingerprint density at radius 3 is 2.39 bits per heavy atom. The van der Waals surface area contributed by atoms with Gasteiger partial charge in [0.2, 0.25) is 0 Å². The average molecular weight is 584 g/mol. The van der Waals surface area contributed by atoms with E-state index in [0.29, 0.717) is 25.2 Å². The highest BCUT2D eigenvalue weighted by Crippen LogP contribution is 2.38. The fraction of sp³-hybridized carbons (Fsp3) is 0.385. The molecule has 2 aromatic carbocycles. The zero-order valence-electron chi connectivity index (χ0n) is 19.5. The first-order valence-corrected chi connectivity index (χ1v) is 13.8. The van der Waals surface area contributed by atoms with Gasteiger partial charge in [0, 0.05) is 65.3 Å². The number of benzene rings is 2. The van der Waals surface area contributed by atoms with Crippen molar-refractivity contribution in [3.8, 4) is 0 Å². The van der Waals surface area contributed by atoms with Gasteiger partial charge in [-0.25, -0.2) is 4.99 Å². The largest absolute Gasteiger partial charge is 0.379 e. The van der Waals surface area contributed by atoms with Crippen molar-refractivity contribution < 1.29 is 4.74 Å². The van der Waals surface area contributed by atoms with Crippen molar-refractivity contribution in [1.82, 2.24) is 15.1 Å². The maximum atomic E-state index is 6.66. The Hall–Kier alpha value is -1.22. The van der Waals surface area contributed by atoms with Crippen LogP contribution in [-0.4, -0.2) is 73.1 Å². The molecule has 0 aliphatic carbocycles. The summed E-state index contributed by atoms with van der Waals surface area (Å²) in [7, 11) is 0. The number of morpholine rings is 1. The van der Waals surface area contributed by atoms with Crippen molar-refractivity contribution >= 4 is 75.5 Å². The molecule has 2 atom stereocenters. The predicted octanol–water partition coefficient (Wildman–Crippen LogP) is 6.02. The standard InChI is InChI=1S/C26H26Cl4N4OS/c27-18-2-1-16(22(29)12-18)11-17-14-34(6-5-33-7-9-35-10-8-33)15-21-24(17)31-26(36)32-25(21)20-4-3-19(28)13-23(20)30/h1-4,11-13,21,25H,5-10,14-15H2,(H,32,36)/b17-11+. The van der Waals surface area contributed by atoms with Gasteiger partial charge < -0.3 is 10.1 Å². The van der Waals surface area contributed by atoms with E-state index in [1.165, 1.54) is 0 Å². The van der Waals surface area contributed by atoms with Crippen molar-refractivity contribution in [3.05, 3.63) is 73.2 Å². The molecule has 3 aliphatic rings. The first-order valence-electron chi connectivity index (χ1n) is 11.9. The number of hydrogen-bond donors (Lipinski definition) is 1. The van der Waals surface area contributed by atoms with Crippen LogP contribution in [0.15, 0.2) is 47.0 Å². The zero-order chi connectivity index (χ0) is 25.2. The summed E-state index contributed by atoms with van der Waals surface area (Å²) in [6.45, 7) is 7.00. The third-order valence-electron chi connectivity index (χ3n) is 6.86. The highest BCUT2D eigenvalue weighted by molar-refractivity contribution is 7.80. The van der Waals surface area contributed by atoms with E-state index < -0.39 is 0 Å². The summed E-state index contributed by atoms with van der Waals surface area (Å²) in [4.78, 5) is 9.74. The normalized spacial score (nSPS) is 24.4. The summed E-state index contributed by atoms with van der Waals surface area (Å²) in [6.07, 6.45) is 2.11. The van der Waals surface area contributed by atoms with Gasteiger partial charge in [0.15, 0.2) is 5.11 Å². The minimum Gasteiger partial charge on any atom is -0.379 e. The highest BCUT2D eigenvalue weighted by Gasteiger charge is 2.39. The second kappa shape index (κ2) is 11.7. The molecule has 2 saturated heterocycles. The Kier molecular flexibility index (Phi) is 8.55. The van der Waals surface area contributed by atoms with Crippen LogP contribution >= 0.6 is 58.6 Å². The summed E-state index contributed by atoms with van der Waals surface area (Å²) < 4.78 is 5.51. The minimum atomic E-state index is -0.120. The molecule has 5 rings (SSSR count). The number of nitrogens with one attached hydrogen (secondary N) is 1. The molecule has 0 saturated carbocycles. The fourth-order valence-corrected chi connectivity index (χ4v) is 6.25. The molecule has 0 amide bonds.